The van der Waals surface area contributed by atoms with Crippen molar-refractivity contribution < 1.29 is 17.7 Å². The van der Waals surface area contributed by atoms with Crippen LogP contribution in [0.4, 0.5) is 4.39 Å². The molecule has 0 amide bonds. The molecule has 0 saturated carbocycles. The van der Waals surface area contributed by atoms with Crippen molar-refractivity contribution in [1.82, 2.24) is 0 Å². The summed E-state index contributed by atoms with van der Waals surface area (Å²) in [6.07, 6.45) is 0. The van der Waals surface area contributed by atoms with Crippen LogP contribution in [-0.4, -0.2) is 25.7 Å². The maximum absolute atomic E-state index is 11.9. The Kier molecular flexibility index (Phi) is 2.51. The van der Waals surface area contributed by atoms with Crippen LogP contribution in [0.25, 0.3) is 0 Å². The van der Waals surface area contributed by atoms with E-state index < -0.39 is 22.1 Å². The summed E-state index contributed by atoms with van der Waals surface area (Å²) in [6.45, 7) is -1.03. The minimum Gasteiger partial charge on any atom is -0.304 e. The van der Waals surface area contributed by atoms with Crippen molar-refractivity contribution in [3.05, 3.63) is 30.3 Å². The molecule has 0 radical (unpaired) electrons. The Labute approximate surface area is 75.6 Å². The molecule has 1 aromatic rings. The summed E-state index contributed by atoms with van der Waals surface area (Å²) in [6, 6.07) is 7.25. The van der Waals surface area contributed by atoms with E-state index in [-0.39, 0.29) is 4.90 Å². The van der Waals surface area contributed by atoms with Crippen LogP contribution in [0.15, 0.2) is 35.2 Å². The lowest BCUT2D eigenvalue weighted by Crippen LogP contribution is -2.36. The second kappa shape index (κ2) is 3.17. The van der Waals surface area contributed by atoms with E-state index in [9.17, 15) is 17.7 Å². The molecule has 0 unspecified atom stereocenters. The predicted molar refractivity (Wildman–Crippen MR) is 49.0 cm³/mol. The lowest BCUT2D eigenvalue weighted by Gasteiger charge is -2.29. The summed E-state index contributed by atoms with van der Waals surface area (Å²) in [5.74, 6) is -0.777. The minimum atomic E-state index is -4.92. The molecule has 0 bridgehead atoms. The zero-order valence-electron chi connectivity index (χ0n) is 6.89. The summed E-state index contributed by atoms with van der Waals surface area (Å²) in [5.41, 5.74) is 0. The van der Waals surface area contributed by atoms with Crippen LogP contribution in [0.1, 0.15) is 0 Å². The van der Waals surface area contributed by atoms with Gasteiger partial charge in [0.2, 0.25) is 0 Å². The second-order valence-corrected chi connectivity index (χ2v) is 5.64. The third kappa shape index (κ3) is 2.33. The van der Waals surface area contributed by atoms with Gasteiger partial charge in [0.15, 0.2) is 0 Å². The topological polar surface area (TPSA) is 57.5 Å². The molecule has 3 nitrogen and oxygen atoms in total. The molecule has 1 rings (SSSR count). The van der Waals surface area contributed by atoms with E-state index in [2.05, 4.69) is 0 Å². The van der Waals surface area contributed by atoms with Gasteiger partial charge in [-0.2, -0.15) is 0 Å². The number of rotatable bonds is 3. The van der Waals surface area contributed by atoms with Gasteiger partial charge in [0.25, 0.3) is 0 Å². The zero-order chi connectivity index (χ0) is 9.97. The second-order valence-electron chi connectivity index (χ2n) is 2.72. The Bertz CT molecular complexity index is 344. The van der Waals surface area contributed by atoms with Crippen LogP contribution in [-0.2, 0) is 9.63 Å². The molecule has 0 aliphatic carbocycles. The Morgan fingerprint density at radius 1 is 1.23 bits per heavy atom. The standard InChI is InChI=1S/C8H11FO3S/c9-6-7-13(10,11,12)8-4-2-1-3-5-8/h1-5H,6-7H2,(H2,10,11,12). The minimum absolute atomic E-state index is 0.142. The average molecular weight is 206 g/mol. The summed E-state index contributed by atoms with van der Waals surface area (Å²) in [7, 11) is -4.92. The number of benzene rings is 1. The number of hydrogen-bond acceptors (Lipinski definition) is 1. The van der Waals surface area contributed by atoms with Crippen molar-refractivity contribution in [2.75, 3.05) is 12.4 Å². The van der Waals surface area contributed by atoms with Crippen LogP contribution in [0, 0.1) is 0 Å². The van der Waals surface area contributed by atoms with Gasteiger partial charge in [-0.3, -0.25) is 0 Å². The Morgan fingerprint density at radius 2 is 1.77 bits per heavy atom. The highest BCUT2D eigenvalue weighted by molar-refractivity contribution is 8.10. The van der Waals surface area contributed by atoms with Gasteiger partial charge in [-0.05, 0) is 12.1 Å². The van der Waals surface area contributed by atoms with Crippen molar-refractivity contribution in [3.8, 4) is 0 Å². The monoisotopic (exact) mass is 206 g/mol. The molecule has 0 atom stereocenters. The van der Waals surface area contributed by atoms with Crippen LogP contribution in [0.5, 0.6) is 0 Å². The third-order valence-electron chi connectivity index (χ3n) is 1.66. The van der Waals surface area contributed by atoms with Crippen molar-refractivity contribution >= 4 is 9.63 Å². The van der Waals surface area contributed by atoms with Crippen LogP contribution in [0.2, 0.25) is 0 Å². The fourth-order valence-electron chi connectivity index (χ4n) is 0.951. The fourth-order valence-corrected chi connectivity index (χ4v) is 2.17. The molecule has 0 spiro atoms. The van der Waals surface area contributed by atoms with Crippen molar-refractivity contribution in [1.29, 1.82) is 0 Å². The van der Waals surface area contributed by atoms with Gasteiger partial charge in [0.05, 0.1) is 10.6 Å². The van der Waals surface area contributed by atoms with E-state index in [1.165, 1.54) is 24.3 Å². The van der Waals surface area contributed by atoms with Crippen LogP contribution in [0.3, 0.4) is 0 Å². The van der Waals surface area contributed by atoms with Gasteiger partial charge in [-0.25, -0.2) is 8.60 Å². The van der Waals surface area contributed by atoms with E-state index >= 15 is 0 Å². The highest BCUT2D eigenvalue weighted by Crippen LogP contribution is 2.27. The third-order valence-corrected chi connectivity index (χ3v) is 3.77. The smallest absolute Gasteiger partial charge is 0.111 e. The Hall–Kier alpha value is -0.780. The number of alkyl halides is 1. The molecule has 2 N–H and O–H groups in total. The molecule has 74 valence electrons. The van der Waals surface area contributed by atoms with Crippen molar-refractivity contribution in [2.24, 2.45) is 0 Å². The fraction of sp³-hybridized carbons (Fsp3) is 0.250. The first kappa shape index (κ1) is 10.3. The summed E-state index contributed by atoms with van der Waals surface area (Å²) in [4.78, 5) is -0.142. The van der Waals surface area contributed by atoms with Gasteiger partial charge in [0, 0.05) is 0 Å². The summed E-state index contributed by atoms with van der Waals surface area (Å²) >= 11 is 0. The summed E-state index contributed by atoms with van der Waals surface area (Å²) < 4.78 is 42.0. The van der Waals surface area contributed by atoms with Crippen LogP contribution >= 0.6 is 0 Å². The Balaban J connectivity index is 3.14. The molecule has 0 fully saturated rings. The molecule has 0 aromatic heterocycles. The summed E-state index contributed by atoms with van der Waals surface area (Å²) in [5, 5.41) is 0. The van der Waals surface area contributed by atoms with E-state index in [0.29, 0.717) is 0 Å². The maximum Gasteiger partial charge on any atom is 0.111 e. The molecule has 0 aliphatic heterocycles. The van der Waals surface area contributed by atoms with E-state index in [0.717, 1.165) is 0 Å². The van der Waals surface area contributed by atoms with Crippen molar-refractivity contribution in [2.45, 2.75) is 4.90 Å². The highest BCUT2D eigenvalue weighted by atomic mass is 32.3. The van der Waals surface area contributed by atoms with Crippen molar-refractivity contribution in [3.63, 3.8) is 0 Å². The lowest BCUT2D eigenvalue weighted by molar-refractivity contribution is 0.379. The Morgan fingerprint density at radius 3 is 2.23 bits per heavy atom. The predicted octanol–water partition coefficient (Wildman–Crippen LogP) is 1.78. The first-order chi connectivity index (χ1) is 5.94. The van der Waals surface area contributed by atoms with E-state index in [4.69, 9.17) is 0 Å². The lowest BCUT2D eigenvalue weighted by atomic mass is 10.4. The molecule has 0 heterocycles. The quantitative estimate of drug-likeness (QED) is 0.792. The van der Waals surface area contributed by atoms with Gasteiger partial charge < -0.3 is 9.11 Å². The average Bonchev–Trinajstić information content (AvgIpc) is 2.05. The molecule has 5 heteroatoms. The largest absolute Gasteiger partial charge is 0.304 e. The van der Waals surface area contributed by atoms with E-state index in [1.807, 2.05) is 0 Å². The first-order valence-electron chi connectivity index (χ1n) is 3.70. The molecule has 1 aromatic carbocycles. The van der Waals surface area contributed by atoms with Gasteiger partial charge in [0.1, 0.15) is 16.3 Å². The SMILES string of the molecule is O=S(O)(O)(CCF)c1ccccc1. The van der Waals surface area contributed by atoms with Gasteiger partial charge in [-0.15, -0.1) is 0 Å². The number of halogens is 1. The molecule has 13 heavy (non-hydrogen) atoms. The number of hydrogen-bond donors (Lipinski definition) is 2. The molecule has 0 saturated heterocycles. The molecule has 0 aliphatic rings. The van der Waals surface area contributed by atoms with Gasteiger partial charge in [-0.1, -0.05) is 18.2 Å². The normalized spacial score (nSPS) is 14.8. The van der Waals surface area contributed by atoms with Crippen LogP contribution < -0.4 is 0 Å². The van der Waals surface area contributed by atoms with E-state index in [1.54, 1.807) is 6.07 Å². The molecular formula is C8H11FO3S. The maximum atomic E-state index is 11.9. The first-order valence-corrected chi connectivity index (χ1v) is 5.75. The molecular weight excluding hydrogens is 195 g/mol. The highest BCUT2D eigenvalue weighted by Gasteiger charge is 2.31. The van der Waals surface area contributed by atoms with Gasteiger partial charge >= 0.3 is 0 Å². The zero-order valence-corrected chi connectivity index (χ0v) is 7.71.